The van der Waals surface area contributed by atoms with Gasteiger partial charge in [0.2, 0.25) is 0 Å². The Bertz CT molecular complexity index is 379. The average molecular weight is 248 g/mol. The molecule has 1 saturated heterocycles. The van der Waals surface area contributed by atoms with Gasteiger partial charge in [-0.05, 0) is 6.42 Å². The van der Waals surface area contributed by atoms with E-state index >= 15 is 0 Å². The molecule has 0 spiro atoms. The van der Waals surface area contributed by atoms with E-state index in [2.05, 4.69) is 13.0 Å². The minimum atomic E-state index is -0.971. The fourth-order valence-electron chi connectivity index (χ4n) is 1.93. The van der Waals surface area contributed by atoms with Crippen molar-refractivity contribution in [3.8, 4) is 0 Å². The quantitative estimate of drug-likeness (QED) is 0.555. The van der Waals surface area contributed by atoms with Crippen LogP contribution in [0.25, 0.3) is 0 Å². The molecule has 0 saturated carbocycles. The maximum atomic E-state index is 13.5. The molecule has 0 bridgehead atoms. The van der Waals surface area contributed by atoms with E-state index in [-0.39, 0.29) is 37.1 Å². The molecule has 0 N–H and O–H groups in total. The standard InChI is InChI=1S/C13H15F2O2.Li/c1-2-4-9-7-17-12(8-16-9)10-5-3-6-11(14)13(10)15;/h3,5,9,12H,2,4,7-8H2,1H3;/q-1;+1. The van der Waals surface area contributed by atoms with Crippen LogP contribution in [0.1, 0.15) is 31.4 Å². The van der Waals surface area contributed by atoms with Crippen LogP contribution in [0.5, 0.6) is 0 Å². The van der Waals surface area contributed by atoms with Crippen LogP contribution in [0.15, 0.2) is 12.1 Å². The second-order valence-electron chi connectivity index (χ2n) is 4.13. The van der Waals surface area contributed by atoms with E-state index in [1.165, 1.54) is 12.1 Å². The summed E-state index contributed by atoms with van der Waals surface area (Å²) in [5.74, 6) is -1.86. The maximum absolute atomic E-state index is 13.5. The summed E-state index contributed by atoms with van der Waals surface area (Å²) in [5.41, 5.74) is 0.205. The van der Waals surface area contributed by atoms with Crippen molar-refractivity contribution in [1.82, 2.24) is 0 Å². The third kappa shape index (κ3) is 3.55. The zero-order valence-electron chi connectivity index (χ0n) is 10.7. The Morgan fingerprint density at radius 1 is 1.33 bits per heavy atom. The average Bonchev–Trinajstić information content (AvgIpc) is 2.34. The first kappa shape index (κ1) is 15.7. The minimum Gasteiger partial charge on any atom is -0.373 e. The fraction of sp³-hybridized carbons (Fsp3) is 0.538. The Morgan fingerprint density at radius 3 is 2.72 bits per heavy atom. The van der Waals surface area contributed by atoms with Crippen molar-refractivity contribution in [2.45, 2.75) is 32.0 Å². The van der Waals surface area contributed by atoms with Gasteiger partial charge in [-0.15, -0.1) is 6.07 Å². The van der Waals surface area contributed by atoms with Gasteiger partial charge in [0.15, 0.2) is 0 Å². The Balaban J connectivity index is 0.00000162. The van der Waals surface area contributed by atoms with Crippen molar-refractivity contribution in [2.75, 3.05) is 13.2 Å². The topological polar surface area (TPSA) is 18.5 Å². The molecule has 0 amide bonds. The molecule has 2 unspecified atom stereocenters. The zero-order chi connectivity index (χ0) is 12.3. The van der Waals surface area contributed by atoms with E-state index < -0.39 is 17.7 Å². The molecule has 18 heavy (non-hydrogen) atoms. The summed E-state index contributed by atoms with van der Waals surface area (Å²) < 4.78 is 37.6. The first-order chi connectivity index (χ1) is 8.22. The van der Waals surface area contributed by atoms with E-state index in [0.717, 1.165) is 12.8 Å². The van der Waals surface area contributed by atoms with E-state index in [4.69, 9.17) is 9.47 Å². The molecule has 1 heterocycles. The molecule has 0 aromatic heterocycles. The number of ether oxygens (including phenoxy) is 2. The van der Waals surface area contributed by atoms with Crippen molar-refractivity contribution in [3.63, 3.8) is 0 Å². The molecule has 0 aliphatic carbocycles. The van der Waals surface area contributed by atoms with Crippen LogP contribution in [0.2, 0.25) is 0 Å². The second kappa shape index (κ2) is 7.25. The van der Waals surface area contributed by atoms with Crippen LogP contribution in [0.3, 0.4) is 0 Å². The van der Waals surface area contributed by atoms with E-state index in [0.29, 0.717) is 6.61 Å². The molecule has 0 radical (unpaired) electrons. The predicted molar refractivity (Wildman–Crippen MR) is 58.5 cm³/mol. The van der Waals surface area contributed by atoms with Gasteiger partial charge in [-0.1, -0.05) is 18.9 Å². The molecule has 1 aliphatic rings. The van der Waals surface area contributed by atoms with Crippen molar-refractivity contribution in [3.05, 3.63) is 35.4 Å². The van der Waals surface area contributed by atoms with Crippen molar-refractivity contribution in [2.24, 2.45) is 0 Å². The van der Waals surface area contributed by atoms with Crippen molar-refractivity contribution in [1.29, 1.82) is 0 Å². The normalized spacial score (nSPS) is 23.5. The van der Waals surface area contributed by atoms with Crippen LogP contribution in [-0.4, -0.2) is 19.3 Å². The van der Waals surface area contributed by atoms with Crippen LogP contribution in [0, 0.1) is 17.7 Å². The molecule has 5 heteroatoms. The first-order valence-electron chi connectivity index (χ1n) is 5.81. The summed E-state index contributed by atoms with van der Waals surface area (Å²) in [6, 6.07) is 5.01. The van der Waals surface area contributed by atoms with Gasteiger partial charge >= 0.3 is 18.9 Å². The van der Waals surface area contributed by atoms with Gasteiger partial charge in [-0.3, -0.25) is 4.39 Å². The molecule has 2 rings (SSSR count). The monoisotopic (exact) mass is 248 g/mol. The molecule has 1 aromatic carbocycles. The van der Waals surface area contributed by atoms with Gasteiger partial charge in [-0.2, -0.15) is 12.1 Å². The summed E-state index contributed by atoms with van der Waals surface area (Å²) in [5, 5.41) is 0. The number of hydrogen-bond acceptors (Lipinski definition) is 2. The van der Waals surface area contributed by atoms with Crippen LogP contribution in [0.4, 0.5) is 8.78 Å². The van der Waals surface area contributed by atoms with E-state index in [9.17, 15) is 8.78 Å². The number of benzene rings is 1. The second-order valence-corrected chi connectivity index (χ2v) is 4.13. The molecular weight excluding hydrogens is 233 g/mol. The van der Waals surface area contributed by atoms with Crippen LogP contribution < -0.4 is 18.9 Å². The van der Waals surface area contributed by atoms with Gasteiger partial charge in [0, 0.05) is 11.6 Å². The summed E-state index contributed by atoms with van der Waals surface area (Å²) in [4.78, 5) is 0. The molecular formula is C13H15F2LiO2. The summed E-state index contributed by atoms with van der Waals surface area (Å²) >= 11 is 0. The fourth-order valence-corrected chi connectivity index (χ4v) is 1.93. The largest absolute Gasteiger partial charge is 1.00 e. The third-order valence-electron chi connectivity index (χ3n) is 2.84. The van der Waals surface area contributed by atoms with Crippen LogP contribution in [-0.2, 0) is 9.47 Å². The molecule has 1 aromatic rings. The first-order valence-corrected chi connectivity index (χ1v) is 5.81. The maximum Gasteiger partial charge on any atom is 1.00 e. The van der Waals surface area contributed by atoms with E-state index in [1.807, 2.05) is 0 Å². The Labute approximate surface area is 118 Å². The number of rotatable bonds is 3. The van der Waals surface area contributed by atoms with Gasteiger partial charge in [-0.25, -0.2) is 4.39 Å². The van der Waals surface area contributed by atoms with Gasteiger partial charge in [0.05, 0.1) is 25.4 Å². The van der Waals surface area contributed by atoms with E-state index in [1.54, 1.807) is 0 Å². The van der Waals surface area contributed by atoms with Crippen LogP contribution >= 0.6 is 0 Å². The summed E-state index contributed by atoms with van der Waals surface area (Å²) in [6.07, 6.45) is 1.49. The molecule has 1 aliphatic heterocycles. The Morgan fingerprint density at radius 2 is 2.11 bits per heavy atom. The van der Waals surface area contributed by atoms with Gasteiger partial charge in [0.25, 0.3) is 0 Å². The molecule has 1 fully saturated rings. The zero-order valence-corrected chi connectivity index (χ0v) is 10.7. The molecule has 94 valence electrons. The minimum absolute atomic E-state index is 0. The van der Waals surface area contributed by atoms with Gasteiger partial charge in [0.1, 0.15) is 0 Å². The number of hydrogen-bond donors (Lipinski definition) is 0. The SMILES string of the molecule is CCCC1COC(c2cc[c-]c(F)c2F)CO1.[Li+]. The predicted octanol–water partition coefficient (Wildman–Crippen LogP) is 0.0256. The molecule has 2 atom stereocenters. The smallest absolute Gasteiger partial charge is 0.373 e. The Hall–Kier alpha value is -0.403. The third-order valence-corrected chi connectivity index (χ3v) is 2.84. The molecule has 2 nitrogen and oxygen atoms in total. The summed E-state index contributed by atoms with van der Waals surface area (Å²) in [7, 11) is 0. The Kier molecular flexibility index (Phi) is 6.31. The van der Waals surface area contributed by atoms with Crippen molar-refractivity contribution >= 4 is 0 Å². The van der Waals surface area contributed by atoms with Gasteiger partial charge < -0.3 is 9.47 Å². The van der Waals surface area contributed by atoms with Crippen molar-refractivity contribution < 1.29 is 37.1 Å². The number of halogens is 2. The summed E-state index contributed by atoms with van der Waals surface area (Å²) in [6.45, 7) is 2.76.